The first kappa shape index (κ1) is 14.4. The van der Waals surface area contributed by atoms with Crippen LogP contribution in [0.5, 0.6) is 0 Å². The SMILES string of the molecule is Cc1ccc(-c2nccc(CCC(F)(F)F)n2)c(F)c1. The monoisotopic (exact) mass is 284 g/mol. The fourth-order valence-electron chi connectivity index (χ4n) is 1.74. The minimum atomic E-state index is -4.24. The lowest BCUT2D eigenvalue weighted by atomic mass is 10.1. The summed E-state index contributed by atoms with van der Waals surface area (Å²) in [4.78, 5) is 7.90. The summed E-state index contributed by atoms with van der Waals surface area (Å²) in [5.41, 5.74) is 1.18. The quantitative estimate of drug-likeness (QED) is 0.793. The van der Waals surface area contributed by atoms with Gasteiger partial charge in [-0.25, -0.2) is 14.4 Å². The van der Waals surface area contributed by atoms with E-state index in [0.29, 0.717) is 0 Å². The predicted octanol–water partition coefficient (Wildman–Crippen LogP) is 4.09. The molecule has 0 atom stereocenters. The zero-order valence-corrected chi connectivity index (χ0v) is 10.7. The van der Waals surface area contributed by atoms with Crippen LogP contribution in [0.25, 0.3) is 11.4 Å². The third-order valence-corrected chi connectivity index (χ3v) is 2.74. The van der Waals surface area contributed by atoms with Gasteiger partial charge in [0.15, 0.2) is 5.82 Å². The van der Waals surface area contributed by atoms with Crippen LogP contribution in [0.3, 0.4) is 0 Å². The highest BCUT2D eigenvalue weighted by Gasteiger charge is 2.26. The van der Waals surface area contributed by atoms with Gasteiger partial charge in [-0.3, -0.25) is 0 Å². The zero-order valence-electron chi connectivity index (χ0n) is 10.7. The summed E-state index contributed by atoms with van der Waals surface area (Å²) in [6, 6.07) is 5.96. The van der Waals surface area contributed by atoms with Crippen LogP contribution in [-0.4, -0.2) is 16.1 Å². The van der Waals surface area contributed by atoms with Gasteiger partial charge >= 0.3 is 6.18 Å². The van der Waals surface area contributed by atoms with Crippen molar-refractivity contribution in [3.8, 4) is 11.4 Å². The van der Waals surface area contributed by atoms with Crippen LogP contribution in [0.15, 0.2) is 30.5 Å². The molecule has 0 aliphatic rings. The maximum Gasteiger partial charge on any atom is 0.389 e. The summed E-state index contributed by atoms with van der Waals surface area (Å²) in [6.45, 7) is 1.74. The summed E-state index contributed by atoms with van der Waals surface area (Å²) in [7, 11) is 0. The lowest BCUT2D eigenvalue weighted by molar-refractivity contribution is -0.134. The van der Waals surface area contributed by atoms with E-state index in [9.17, 15) is 17.6 Å². The minimum Gasteiger partial charge on any atom is -0.236 e. The summed E-state index contributed by atoms with van der Waals surface area (Å²) in [5, 5.41) is 0. The largest absolute Gasteiger partial charge is 0.389 e. The number of halogens is 4. The molecule has 0 unspecified atom stereocenters. The Morgan fingerprint density at radius 2 is 1.90 bits per heavy atom. The number of alkyl halides is 3. The molecule has 106 valence electrons. The summed E-state index contributed by atoms with van der Waals surface area (Å²) in [5.74, 6) is -0.389. The maximum atomic E-state index is 13.8. The van der Waals surface area contributed by atoms with E-state index in [-0.39, 0.29) is 23.5 Å². The van der Waals surface area contributed by atoms with Crippen LogP contribution in [-0.2, 0) is 6.42 Å². The van der Waals surface area contributed by atoms with Crippen molar-refractivity contribution < 1.29 is 17.6 Å². The van der Waals surface area contributed by atoms with Crippen LogP contribution in [0, 0.1) is 12.7 Å². The van der Waals surface area contributed by atoms with E-state index in [2.05, 4.69) is 9.97 Å². The molecule has 0 amide bonds. The Kier molecular flexibility index (Phi) is 4.01. The highest BCUT2D eigenvalue weighted by atomic mass is 19.4. The van der Waals surface area contributed by atoms with E-state index in [1.54, 1.807) is 13.0 Å². The average molecular weight is 284 g/mol. The molecule has 0 saturated carbocycles. The molecule has 0 bridgehead atoms. The Hall–Kier alpha value is -1.98. The summed E-state index contributed by atoms with van der Waals surface area (Å²) in [6.07, 6.45) is -4.10. The second kappa shape index (κ2) is 5.56. The van der Waals surface area contributed by atoms with Crippen LogP contribution in [0.4, 0.5) is 17.6 Å². The molecule has 0 aliphatic heterocycles. The highest BCUT2D eigenvalue weighted by molar-refractivity contribution is 5.56. The lowest BCUT2D eigenvalue weighted by Gasteiger charge is -2.07. The number of aryl methyl sites for hydroxylation is 2. The second-order valence-electron chi connectivity index (χ2n) is 4.47. The molecule has 2 rings (SSSR count). The van der Waals surface area contributed by atoms with Gasteiger partial charge in [0.2, 0.25) is 0 Å². The molecule has 0 radical (unpaired) electrons. The van der Waals surface area contributed by atoms with Crippen molar-refractivity contribution in [1.29, 1.82) is 0 Å². The molecule has 0 N–H and O–H groups in total. The first-order valence-corrected chi connectivity index (χ1v) is 6.00. The van der Waals surface area contributed by atoms with E-state index >= 15 is 0 Å². The molecule has 0 aliphatic carbocycles. The molecule has 1 heterocycles. The van der Waals surface area contributed by atoms with E-state index < -0.39 is 18.4 Å². The molecule has 1 aromatic carbocycles. The van der Waals surface area contributed by atoms with Crippen molar-refractivity contribution in [3.05, 3.63) is 47.5 Å². The number of hydrogen-bond donors (Lipinski definition) is 0. The Morgan fingerprint density at radius 3 is 2.55 bits per heavy atom. The van der Waals surface area contributed by atoms with Gasteiger partial charge in [0.05, 0.1) is 5.56 Å². The predicted molar refractivity (Wildman–Crippen MR) is 66.5 cm³/mol. The van der Waals surface area contributed by atoms with E-state index in [1.165, 1.54) is 24.4 Å². The lowest BCUT2D eigenvalue weighted by Crippen LogP contribution is -2.09. The number of nitrogens with zero attached hydrogens (tertiary/aromatic N) is 2. The van der Waals surface area contributed by atoms with Crippen molar-refractivity contribution in [3.63, 3.8) is 0 Å². The average Bonchev–Trinajstić information content (AvgIpc) is 2.36. The summed E-state index contributed by atoms with van der Waals surface area (Å²) >= 11 is 0. The van der Waals surface area contributed by atoms with Crippen molar-refractivity contribution in [1.82, 2.24) is 9.97 Å². The van der Waals surface area contributed by atoms with Gasteiger partial charge in [0.25, 0.3) is 0 Å². The van der Waals surface area contributed by atoms with Crippen LogP contribution in [0.2, 0.25) is 0 Å². The Balaban J connectivity index is 2.25. The van der Waals surface area contributed by atoms with Crippen LogP contribution >= 0.6 is 0 Å². The molecular formula is C14H12F4N2. The van der Waals surface area contributed by atoms with Gasteiger partial charge in [0, 0.05) is 18.3 Å². The third-order valence-electron chi connectivity index (χ3n) is 2.74. The fraction of sp³-hybridized carbons (Fsp3) is 0.286. The molecule has 2 nitrogen and oxygen atoms in total. The highest BCUT2D eigenvalue weighted by Crippen LogP contribution is 2.23. The number of hydrogen-bond acceptors (Lipinski definition) is 2. The smallest absolute Gasteiger partial charge is 0.236 e. The molecule has 20 heavy (non-hydrogen) atoms. The van der Waals surface area contributed by atoms with Gasteiger partial charge in [-0.15, -0.1) is 0 Å². The van der Waals surface area contributed by atoms with Crippen LogP contribution in [0.1, 0.15) is 17.7 Å². The topological polar surface area (TPSA) is 25.8 Å². The van der Waals surface area contributed by atoms with Crippen molar-refractivity contribution in [2.45, 2.75) is 25.9 Å². The van der Waals surface area contributed by atoms with Crippen LogP contribution < -0.4 is 0 Å². The van der Waals surface area contributed by atoms with Crippen molar-refractivity contribution in [2.24, 2.45) is 0 Å². The fourth-order valence-corrected chi connectivity index (χ4v) is 1.74. The second-order valence-corrected chi connectivity index (χ2v) is 4.47. The first-order chi connectivity index (χ1) is 9.35. The van der Waals surface area contributed by atoms with Gasteiger partial charge in [-0.2, -0.15) is 13.2 Å². The molecule has 0 spiro atoms. The number of rotatable bonds is 3. The Labute approximate surface area is 113 Å². The molecule has 1 aromatic heterocycles. The van der Waals surface area contributed by atoms with Gasteiger partial charge in [0.1, 0.15) is 5.82 Å². The van der Waals surface area contributed by atoms with Gasteiger partial charge in [-0.05, 0) is 37.1 Å². The normalized spacial score (nSPS) is 11.7. The molecule has 0 saturated heterocycles. The molecular weight excluding hydrogens is 272 g/mol. The third kappa shape index (κ3) is 3.76. The summed E-state index contributed by atoms with van der Waals surface area (Å²) < 4.78 is 50.3. The van der Waals surface area contributed by atoms with Crippen molar-refractivity contribution in [2.75, 3.05) is 0 Å². The first-order valence-electron chi connectivity index (χ1n) is 6.00. The van der Waals surface area contributed by atoms with Gasteiger partial charge < -0.3 is 0 Å². The van der Waals surface area contributed by atoms with Crippen molar-refractivity contribution >= 4 is 0 Å². The molecule has 2 aromatic rings. The van der Waals surface area contributed by atoms with E-state index in [4.69, 9.17) is 0 Å². The standard InChI is InChI=1S/C14H12F4N2/c1-9-2-3-11(12(15)8-9)13-19-7-5-10(20-13)4-6-14(16,17)18/h2-3,5,7-8H,4,6H2,1H3. The van der Waals surface area contributed by atoms with Gasteiger partial charge in [-0.1, -0.05) is 6.07 Å². The zero-order chi connectivity index (χ0) is 14.8. The molecule has 0 fully saturated rings. The molecule has 6 heteroatoms. The Morgan fingerprint density at radius 1 is 1.15 bits per heavy atom. The number of aromatic nitrogens is 2. The minimum absolute atomic E-state index is 0.0992. The number of benzene rings is 1. The maximum absolute atomic E-state index is 13.8. The Bertz CT molecular complexity index is 608. The van der Waals surface area contributed by atoms with E-state index in [0.717, 1.165) is 5.56 Å². The van der Waals surface area contributed by atoms with E-state index in [1.807, 2.05) is 0 Å².